The maximum atomic E-state index is 13.2. The van der Waals surface area contributed by atoms with Gasteiger partial charge >= 0.3 is 0 Å². The van der Waals surface area contributed by atoms with Crippen molar-refractivity contribution >= 4 is 11.8 Å². The van der Waals surface area contributed by atoms with Crippen LogP contribution < -0.4 is 10.1 Å². The highest BCUT2D eigenvalue weighted by molar-refractivity contribution is 5.83. The number of carbonyl (C=O) groups is 2. The number of benzene rings is 1. The number of aromatic nitrogens is 3. The molecular weight excluding hydrogens is 418 g/mol. The molecule has 0 aliphatic carbocycles. The first kappa shape index (κ1) is 23.3. The third kappa shape index (κ3) is 6.12. The van der Waals surface area contributed by atoms with Gasteiger partial charge in [0.15, 0.2) is 0 Å². The van der Waals surface area contributed by atoms with E-state index in [1.54, 1.807) is 11.0 Å². The number of para-hydroxylation sites is 1. The van der Waals surface area contributed by atoms with Gasteiger partial charge in [-0.05, 0) is 50.2 Å². The van der Waals surface area contributed by atoms with E-state index in [0.29, 0.717) is 39.2 Å². The molecule has 1 N–H and O–H groups in total. The van der Waals surface area contributed by atoms with E-state index in [2.05, 4.69) is 27.5 Å². The van der Waals surface area contributed by atoms with Crippen LogP contribution in [0.15, 0.2) is 36.9 Å². The Balaban J connectivity index is 1.30. The molecule has 0 bridgehead atoms. The van der Waals surface area contributed by atoms with Crippen LogP contribution >= 0.6 is 0 Å². The molecular formula is C25H35N5O3. The first-order chi connectivity index (χ1) is 16.2. The predicted octanol–water partition coefficient (Wildman–Crippen LogP) is 2.98. The average Bonchev–Trinajstić information content (AvgIpc) is 3.36. The number of nitrogens with zero attached hydrogens (tertiary/aromatic N) is 4. The smallest absolute Gasteiger partial charge is 0.226 e. The Morgan fingerprint density at radius 2 is 1.97 bits per heavy atom. The minimum atomic E-state index is -0.377. The molecule has 33 heavy (non-hydrogen) atoms. The summed E-state index contributed by atoms with van der Waals surface area (Å²) in [5, 5.41) is 7.20. The number of hydrogen-bond donors (Lipinski definition) is 1. The van der Waals surface area contributed by atoms with Crippen LogP contribution in [0.3, 0.4) is 0 Å². The fourth-order valence-electron chi connectivity index (χ4n) is 4.99. The van der Waals surface area contributed by atoms with Crippen LogP contribution in [0.5, 0.6) is 5.75 Å². The third-order valence-corrected chi connectivity index (χ3v) is 7.02. The Hall–Kier alpha value is -2.90. The third-order valence-electron chi connectivity index (χ3n) is 7.02. The molecule has 178 valence electrons. The summed E-state index contributed by atoms with van der Waals surface area (Å²) in [6, 6.07) is 8.19. The van der Waals surface area contributed by atoms with Crippen molar-refractivity contribution in [2.45, 2.75) is 64.3 Å². The topological polar surface area (TPSA) is 89.3 Å². The summed E-state index contributed by atoms with van der Waals surface area (Å²) in [7, 11) is 0. The highest BCUT2D eigenvalue weighted by atomic mass is 16.5. The monoisotopic (exact) mass is 453 g/mol. The fourth-order valence-corrected chi connectivity index (χ4v) is 4.99. The lowest BCUT2D eigenvalue weighted by atomic mass is 9.73. The quantitative estimate of drug-likeness (QED) is 0.769. The summed E-state index contributed by atoms with van der Waals surface area (Å²) in [6.07, 6.45) is 11.0. The van der Waals surface area contributed by atoms with Crippen molar-refractivity contribution in [1.29, 1.82) is 0 Å². The maximum Gasteiger partial charge on any atom is 0.226 e. The summed E-state index contributed by atoms with van der Waals surface area (Å²) >= 11 is 0. The second-order valence-electron chi connectivity index (χ2n) is 9.20. The van der Waals surface area contributed by atoms with Crippen molar-refractivity contribution < 1.29 is 14.3 Å². The van der Waals surface area contributed by atoms with Gasteiger partial charge in [0.1, 0.15) is 25.0 Å². The molecule has 2 aliphatic heterocycles. The molecule has 2 aromatic rings. The number of fused-ring (bicyclic) bond motifs is 1. The van der Waals surface area contributed by atoms with E-state index in [1.807, 2.05) is 17.0 Å². The van der Waals surface area contributed by atoms with Crippen molar-refractivity contribution in [3.63, 3.8) is 0 Å². The number of rotatable bonds is 4. The fraction of sp³-hybridized carbons (Fsp3) is 0.600. The zero-order valence-corrected chi connectivity index (χ0v) is 19.4. The van der Waals surface area contributed by atoms with Crippen LogP contribution in [-0.4, -0.2) is 57.7 Å². The highest BCUT2D eigenvalue weighted by Gasteiger charge is 2.41. The van der Waals surface area contributed by atoms with E-state index >= 15 is 0 Å². The second kappa shape index (κ2) is 11.3. The molecule has 0 atom stereocenters. The number of hydrogen-bond acceptors (Lipinski definition) is 5. The number of carbonyl (C=O) groups excluding carboxylic acids is 2. The number of ether oxygens (including phenoxy) is 1. The van der Waals surface area contributed by atoms with Gasteiger partial charge in [0, 0.05) is 26.1 Å². The summed E-state index contributed by atoms with van der Waals surface area (Å²) in [5.41, 5.74) is 0.867. The van der Waals surface area contributed by atoms with Crippen molar-refractivity contribution in [1.82, 2.24) is 25.0 Å². The Morgan fingerprint density at radius 3 is 2.79 bits per heavy atom. The van der Waals surface area contributed by atoms with Gasteiger partial charge in [-0.15, -0.1) is 0 Å². The van der Waals surface area contributed by atoms with Crippen molar-refractivity contribution in [2.24, 2.45) is 5.41 Å². The number of likely N-dealkylation sites (tertiary alicyclic amines) is 1. The average molecular weight is 454 g/mol. The lowest BCUT2D eigenvalue weighted by Crippen LogP contribution is -2.50. The number of amides is 2. The molecule has 1 aromatic heterocycles. The zero-order chi connectivity index (χ0) is 22.9. The van der Waals surface area contributed by atoms with Gasteiger partial charge in [0.2, 0.25) is 11.8 Å². The van der Waals surface area contributed by atoms with E-state index in [9.17, 15) is 9.59 Å². The SMILES string of the molecule is O=C(CCCn1cncn1)N1CCC2(CCCCCc3ccccc3OCCNC2=O)CC1. The van der Waals surface area contributed by atoms with Crippen LogP contribution in [0.2, 0.25) is 0 Å². The van der Waals surface area contributed by atoms with Gasteiger partial charge in [-0.3, -0.25) is 14.3 Å². The molecule has 1 saturated heterocycles. The normalized spacial score (nSPS) is 19.4. The maximum absolute atomic E-state index is 13.2. The van der Waals surface area contributed by atoms with E-state index in [4.69, 9.17) is 4.74 Å². The summed E-state index contributed by atoms with van der Waals surface area (Å²) in [6.45, 7) is 2.96. The van der Waals surface area contributed by atoms with Gasteiger partial charge in [-0.2, -0.15) is 5.10 Å². The second-order valence-corrected chi connectivity index (χ2v) is 9.20. The Labute approximate surface area is 195 Å². The van der Waals surface area contributed by atoms with E-state index in [1.165, 1.54) is 11.9 Å². The lowest BCUT2D eigenvalue weighted by Gasteiger charge is -2.41. The van der Waals surface area contributed by atoms with Crippen molar-refractivity contribution in [3.05, 3.63) is 42.5 Å². The van der Waals surface area contributed by atoms with Crippen LogP contribution in [0, 0.1) is 5.41 Å². The lowest BCUT2D eigenvalue weighted by molar-refractivity contribution is -0.141. The van der Waals surface area contributed by atoms with Crippen molar-refractivity contribution in [3.8, 4) is 5.75 Å². The van der Waals surface area contributed by atoms with E-state index in [-0.39, 0.29) is 17.2 Å². The molecule has 0 radical (unpaired) electrons. The molecule has 4 rings (SSSR count). The molecule has 0 unspecified atom stereocenters. The van der Waals surface area contributed by atoms with Crippen molar-refractivity contribution in [2.75, 3.05) is 26.2 Å². The predicted molar refractivity (Wildman–Crippen MR) is 125 cm³/mol. The largest absolute Gasteiger partial charge is 0.491 e. The number of nitrogens with one attached hydrogen (secondary N) is 1. The summed E-state index contributed by atoms with van der Waals surface area (Å²) < 4.78 is 7.71. The van der Waals surface area contributed by atoms with Gasteiger partial charge in [-0.25, -0.2) is 4.98 Å². The van der Waals surface area contributed by atoms with Crippen LogP contribution in [0.4, 0.5) is 0 Å². The molecule has 2 amide bonds. The van der Waals surface area contributed by atoms with Gasteiger partial charge in [-0.1, -0.05) is 31.0 Å². The molecule has 1 spiro atoms. The molecule has 0 saturated carbocycles. The molecule has 2 aliphatic rings. The van der Waals surface area contributed by atoms with Gasteiger partial charge < -0.3 is 15.0 Å². The minimum absolute atomic E-state index is 0.122. The molecule has 8 heteroatoms. The first-order valence-corrected chi connectivity index (χ1v) is 12.3. The van der Waals surface area contributed by atoms with E-state index < -0.39 is 0 Å². The standard InChI is InChI=1S/C25H35N5O3/c31-23(10-6-15-30-20-26-19-28-30)29-16-12-25(13-17-29)11-5-1-2-7-21-8-3-4-9-22(21)33-18-14-27-24(25)32/h3-4,8-9,19-20H,1-2,5-7,10-18H2,(H,27,32). The van der Waals surface area contributed by atoms with Crippen LogP contribution in [-0.2, 0) is 22.6 Å². The first-order valence-electron chi connectivity index (χ1n) is 12.3. The number of piperidine rings is 1. The van der Waals surface area contributed by atoms with Gasteiger partial charge in [0.25, 0.3) is 0 Å². The molecule has 1 fully saturated rings. The van der Waals surface area contributed by atoms with Crippen LogP contribution in [0.25, 0.3) is 0 Å². The molecule has 3 heterocycles. The summed E-state index contributed by atoms with van der Waals surface area (Å²) in [5.74, 6) is 1.22. The minimum Gasteiger partial charge on any atom is -0.491 e. The molecule has 1 aromatic carbocycles. The Bertz CT molecular complexity index is 907. The zero-order valence-electron chi connectivity index (χ0n) is 19.4. The Kier molecular flexibility index (Phi) is 7.96. The highest BCUT2D eigenvalue weighted by Crippen LogP contribution is 2.37. The van der Waals surface area contributed by atoms with Crippen LogP contribution in [0.1, 0.15) is 56.9 Å². The summed E-state index contributed by atoms with van der Waals surface area (Å²) in [4.78, 5) is 31.8. The molecule has 8 nitrogen and oxygen atoms in total. The number of aryl methyl sites for hydroxylation is 2. The van der Waals surface area contributed by atoms with Gasteiger partial charge in [0.05, 0.1) is 12.0 Å². The Morgan fingerprint density at radius 1 is 1.12 bits per heavy atom. The van der Waals surface area contributed by atoms with E-state index in [0.717, 1.165) is 57.1 Å².